The highest BCUT2D eigenvalue weighted by Gasteiger charge is 2.37. The minimum Gasteiger partial charge on any atom is -0.383 e. The Bertz CT molecular complexity index is 890. The summed E-state index contributed by atoms with van der Waals surface area (Å²) in [5.74, 6) is -0.697. The van der Waals surface area contributed by atoms with Gasteiger partial charge in [0.15, 0.2) is 0 Å². The predicted molar refractivity (Wildman–Crippen MR) is 105 cm³/mol. The van der Waals surface area contributed by atoms with Gasteiger partial charge in [0, 0.05) is 24.7 Å². The van der Waals surface area contributed by atoms with E-state index in [1.54, 1.807) is 6.07 Å². The Balaban J connectivity index is 1.92. The van der Waals surface area contributed by atoms with Gasteiger partial charge in [-0.3, -0.25) is 14.9 Å². The van der Waals surface area contributed by atoms with Gasteiger partial charge in [-0.25, -0.2) is 5.43 Å². The molecule has 1 aliphatic rings. The van der Waals surface area contributed by atoms with Crippen LogP contribution < -0.4 is 5.43 Å². The molecule has 0 radical (unpaired) electrons. The minimum absolute atomic E-state index is 0.0842. The number of amides is 1. The highest BCUT2D eigenvalue weighted by Crippen LogP contribution is 2.27. The molecule has 1 amide bonds. The number of aliphatic hydroxyl groups is 1. The van der Waals surface area contributed by atoms with E-state index in [9.17, 15) is 20.0 Å². The third-order valence-electron chi connectivity index (χ3n) is 4.92. The summed E-state index contributed by atoms with van der Waals surface area (Å²) in [6, 6.07) is 14.8. The number of nitrogens with one attached hydrogen (secondary N) is 1. The molecular formula is C20H22N4O4. The molecule has 1 saturated heterocycles. The molecule has 28 heavy (non-hydrogen) atoms. The van der Waals surface area contributed by atoms with Crippen molar-refractivity contribution in [3.63, 3.8) is 0 Å². The van der Waals surface area contributed by atoms with Gasteiger partial charge in [0.1, 0.15) is 11.2 Å². The molecule has 2 aromatic rings. The van der Waals surface area contributed by atoms with Gasteiger partial charge in [-0.1, -0.05) is 42.5 Å². The summed E-state index contributed by atoms with van der Waals surface area (Å²) < 4.78 is 0. The summed E-state index contributed by atoms with van der Waals surface area (Å²) >= 11 is 0. The molecule has 2 aromatic carbocycles. The van der Waals surface area contributed by atoms with Crippen molar-refractivity contribution in [2.75, 3.05) is 20.1 Å². The molecule has 0 spiro atoms. The first-order chi connectivity index (χ1) is 13.4. The normalized spacial score (nSPS) is 17.1. The van der Waals surface area contributed by atoms with Crippen LogP contribution in [0.2, 0.25) is 0 Å². The predicted octanol–water partition coefficient (Wildman–Crippen LogP) is 2.19. The topological polar surface area (TPSA) is 108 Å². The second-order valence-electron chi connectivity index (χ2n) is 6.88. The molecule has 1 fully saturated rings. The lowest BCUT2D eigenvalue weighted by Gasteiger charge is -2.37. The monoisotopic (exact) mass is 382 g/mol. The quantitative estimate of drug-likeness (QED) is 0.468. The van der Waals surface area contributed by atoms with Crippen molar-refractivity contribution >= 4 is 17.3 Å². The van der Waals surface area contributed by atoms with E-state index in [1.165, 1.54) is 18.2 Å². The Labute approximate surface area is 162 Å². The molecule has 1 heterocycles. The lowest BCUT2D eigenvalue weighted by molar-refractivity contribution is -0.385. The Morgan fingerprint density at radius 2 is 1.75 bits per heavy atom. The number of nitrogens with zero attached hydrogens (tertiary/aromatic N) is 3. The van der Waals surface area contributed by atoms with Gasteiger partial charge in [0.05, 0.1) is 10.6 Å². The van der Waals surface area contributed by atoms with Crippen LogP contribution in [0, 0.1) is 10.1 Å². The van der Waals surface area contributed by atoms with Gasteiger partial charge in [-0.15, -0.1) is 0 Å². The number of piperidine rings is 1. The maximum Gasteiger partial charge on any atom is 0.282 e. The van der Waals surface area contributed by atoms with Gasteiger partial charge < -0.3 is 10.0 Å². The van der Waals surface area contributed by atoms with Crippen molar-refractivity contribution in [2.24, 2.45) is 5.10 Å². The number of nitro groups is 1. The molecule has 8 nitrogen and oxygen atoms in total. The van der Waals surface area contributed by atoms with E-state index in [0.717, 1.165) is 0 Å². The van der Waals surface area contributed by atoms with E-state index in [4.69, 9.17) is 0 Å². The molecule has 3 rings (SSSR count). The summed E-state index contributed by atoms with van der Waals surface area (Å²) in [6.07, 6.45) is 0.942. The van der Waals surface area contributed by atoms with Crippen LogP contribution >= 0.6 is 0 Å². The van der Waals surface area contributed by atoms with Gasteiger partial charge in [-0.05, 0) is 26.0 Å². The highest BCUT2D eigenvalue weighted by molar-refractivity contribution is 6.07. The Hall–Kier alpha value is -3.10. The Kier molecular flexibility index (Phi) is 5.81. The number of hydrogen-bond acceptors (Lipinski definition) is 6. The number of benzene rings is 2. The fourth-order valence-electron chi connectivity index (χ4n) is 3.25. The van der Waals surface area contributed by atoms with Crippen LogP contribution in [0.4, 0.5) is 5.69 Å². The van der Waals surface area contributed by atoms with Crippen LogP contribution in [0.3, 0.4) is 0 Å². The zero-order chi connectivity index (χ0) is 20.1. The molecule has 0 atom stereocenters. The number of likely N-dealkylation sites (tertiary alicyclic amines) is 1. The van der Waals surface area contributed by atoms with Crippen molar-refractivity contribution in [2.45, 2.75) is 18.4 Å². The molecule has 0 saturated carbocycles. The minimum atomic E-state index is -1.19. The van der Waals surface area contributed by atoms with Crippen molar-refractivity contribution in [1.82, 2.24) is 10.3 Å². The zero-order valence-electron chi connectivity index (χ0n) is 15.5. The third-order valence-corrected chi connectivity index (χ3v) is 4.92. The zero-order valence-corrected chi connectivity index (χ0v) is 15.5. The smallest absolute Gasteiger partial charge is 0.282 e. The first-order valence-electron chi connectivity index (χ1n) is 8.99. The SMILES string of the molecule is CN1CCC(O)(/C(=N\NC(=O)c2ccccc2[N+](=O)[O-])c2ccccc2)CC1. The molecule has 2 N–H and O–H groups in total. The first-order valence-corrected chi connectivity index (χ1v) is 8.99. The third kappa shape index (κ3) is 4.24. The van der Waals surface area contributed by atoms with Crippen LogP contribution in [0.5, 0.6) is 0 Å². The molecular weight excluding hydrogens is 360 g/mol. The molecule has 8 heteroatoms. The number of rotatable bonds is 5. The van der Waals surface area contributed by atoms with Crippen molar-refractivity contribution in [1.29, 1.82) is 0 Å². The van der Waals surface area contributed by atoms with Crippen LogP contribution in [-0.2, 0) is 0 Å². The number of para-hydroxylation sites is 1. The second kappa shape index (κ2) is 8.28. The first kappa shape index (κ1) is 19.7. The average Bonchev–Trinajstić information content (AvgIpc) is 2.71. The maximum absolute atomic E-state index is 12.5. The lowest BCUT2D eigenvalue weighted by atomic mass is 9.83. The van der Waals surface area contributed by atoms with E-state index in [2.05, 4.69) is 15.4 Å². The second-order valence-corrected chi connectivity index (χ2v) is 6.88. The number of hydrazone groups is 1. The van der Waals surface area contributed by atoms with Gasteiger partial charge in [0.25, 0.3) is 11.6 Å². The van der Waals surface area contributed by atoms with Gasteiger partial charge in [0.2, 0.25) is 0 Å². The molecule has 0 unspecified atom stereocenters. The molecule has 0 aromatic heterocycles. The fourth-order valence-corrected chi connectivity index (χ4v) is 3.25. The van der Waals surface area contributed by atoms with E-state index < -0.39 is 16.4 Å². The summed E-state index contributed by atoms with van der Waals surface area (Å²) in [6.45, 7) is 1.39. The largest absolute Gasteiger partial charge is 0.383 e. The van der Waals surface area contributed by atoms with Crippen molar-refractivity contribution < 1.29 is 14.8 Å². The van der Waals surface area contributed by atoms with Gasteiger partial charge in [-0.2, -0.15) is 5.10 Å². The summed E-state index contributed by atoms with van der Waals surface area (Å²) in [4.78, 5) is 25.2. The number of hydrogen-bond donors (Lipinski definition) is 2. The standard InChI is InChI=1S/C20H22N4O4/c1-23-13-11-20(26,12-14-23)18(15-7-3-2-4-8-15)21-22-19(25)16-9-5-6-10-17(16)24(27)28/h2-10,26H,11-14H2,1H3,(H,22,25)/b21-18-. The molecule has 0 bridgehead atoms. The summed E-state index contributed by atoms with van der Waals surface area (Å²) in [5.41, 5.74) is 1.87. The lowest BCUT2D eigenvalue weighted by Crippen LogP contribution is -2.49. The van der Waals surface area contributed by atoms with Crippen LogP contribution in [0.15, 0.2) is 59.7 Å². The summed E-state index contributed by atoms with van der Waals surface area (Å²) in [5, 5.41) is 26.6. The number of carbonyl (C=O) groups is 1. The van der Waals surface area contributed by atoms with Crippen LogP contribution in [-0.4, -0.2) is 52.3 Å². The van der Waals surface area contributed by atoms with Crippen molar-refractivity contribution in [3.05, 3.63) is 75.8 Å². The van der Waals surface area contributed by atoms with Crippen molar-refractivity contribution in [3.8, 4) is 0 Å². The number of carbonyl (C=O) groups excluding carboxylic acids is 1. The van der Waals surface area contributed by atoms with E-state index in [0.29, 0.717) is 37.2 Å². The molecule has 1 aliphatic heterocycles. The molecule has 146 valence electrons. The summed E-state index contributed by atoms with van der Waals surface area (Å²) in [7, 11) is 1.98. The van der Waals surface area contributed by atoms with Crippen LogP contribution in [0.1, 0.15) is 28.8 Å². The Morgan fingerprint density at radius 1 is 1.14 bits per heavy atom. The fraction of sp³-hybridized carbons (Fsp3) is 0.300. The van der Waals surface area contributed by atoms with E-state index >= 15 is 0 Å². The van der Waals surface area contributed by atoms with Gasteiger partial charge >= 0.3 is 0 Å². The average molecular weight is 382 g/mol. The maximum atomic E-state index is 12.5. The highest BCUT2D eigenvalue weighted by atomic mass is 16.6. The van der Waals surface area contributed by atoms with Crippen LogP contribution in [0.25, 0.3) is 0 Å². The Morgan fingerprint density at radius 3 is 2.39 bits per heavy atom. The number of nitro benzene ring substituents is 1. The van der Waals surface area contributed by atoms with E-state index in [1.807, 2.05) is 37.4 Å². The molecule has 0 aliphatic carbocycles. The van der Waals surface area contributed by atoms with E-state index in [-0.39, 0.29) is 11.3 Å².